The van der Waals surface area contributed by atoms with Crippen molar-refractivity contribution in [2.45, 2.75) is 82.0 Å². The van der Waals surface area contributed by atoms with Crippen LogP contribution in [0.4, 0.5) is 22.0 Å². The SMILES string of the molecule is CC12CC(c3ccc(CN4CCN(C(=O)c5ccccc5)CC4)cc3)C3=C4CCC(=O)C=C4CCC3C1CC[C@@]2(O)C(F)(F)C(F)(F)F. The first-order valence-electron chi connectivity index (χ1n) is 17.0. The van der Waals surface area contributed by atoms with Crippen LogP contribution in [0.15, 0.2) is 77.4 Å². The van der Waals surface area contributed by atoms with Crippen LogP contribution in [0.5, 0.6) is 0 Å². The maximum atomic E-state index is 15.3. The van der Waals surface area contributed by atoms with E-state index in [1.807, 2.05) is 59.5 Å². The molecule has 0 spiro atoms. The van der Waals surface area contributed by atoms with E-state index < -0.39 is 41.4 Å². The Kier molecular flexibility index (Phi) is 8.22. The number of carbonyl (C=O) groups excluding carboxylic acids is 2. The highest BCUT2D eigenvalue weighted by Crippen LogP contribution is 2.70. The summed E-state index contributed by atoms with van der Waals surface area (Å²) in [5.41, 5.74) is 0.711. The molecule has 0 radical (unpaired) electrons. The van der Waals surface area contributed by atoms with Crippen LogP contribution in [0.25, 0.3) is 0 Å². The van der Waals surface area contributed by atoms with Gasteiger partial charge in [0, 0.05) is 56.0 Å². The second kappa shape index (κ2) is 11.9. The van der Waals surface area contributed by atoms with Gasteiger partial charge in [-0.15, -0.1) is 0 Å². The number of hydrogen-bond acceptors (Lipinski definition) is 4. The molecule has 1 amide bonds. The molecule has 1 aliphatic heterocycles. The Labute approximate surface area is 277 Å². The van der Waals surface area contributed by atoms with Crippen LogP contribution in [0, 0.1) is 17.3 Å². The summed E-state index contributed by atoms with van der Waals surface area (Å²) < 4.78 is 72.1. The molecule has 4 aliphatic carbocycles. The van der Waals surface area contributed by atoms with Gasteiger partial charge in [-0.25, -0.2) is 0 Å². The first kappa shape index (κ1) is 33.1. The zero-order valence-corrected chi connectivity index (χ0v) is 27.0. The number of ketones is 1. The molecule has 1 saturated heterocycles. The van der Waals surface area contributed by atoms with E-state index in [2.05, 4.69) is 4.90 Å². The predicted octanol–water partition coefficient (Wildman–Crippen LogP) is 7.47. The van der Waals surface area contributed by atoms with Crippen molar-refractivity contribution in [2.24, 2.45) is 17.3 Å². The highest BCUT2D eigenvalue weighted by atomic mass is 19.4. The fourth-order valence-electron chi connectivity index (χ4n) is 9.70. The smallest absolute Gasteiger partial charge is 0.383 e. The summed E-state index contributed by atoms with van der Waals surface area (Å²) in [6.07, 6.45) is -2.73. The fraction of sp³-hybridized carbons (Fsp3) is 0.526. The van der Waals surface area contributed by atoms with Gasteiger partial charge in [0.05, 0.1) is 0 Å². The minimum atomic E-state index is -5.87. The third-order valence-electron chi connectivity index (χ3n) is 12.2. The highest BCUT2D eigenvalue weighted by molar-refractivity contribution is 5.94. The van der Waals surface area contributed by atoms with Crippen LogP contribution in [0.3, 0.4) is 0 Å². The molecule has 5 atom stereocenters. The number of allylic oxidation sites excluding steroid dienone is 4. The molecule has 3 fully saturated rings. The number of alkyl halides is 5. The molecule has 48 heavy (non-hydrogen) atoms. The highest BCUT2D eigenvalue weighted by Gasteiger charge is 2.79. The molecular formula is C38H41F5N2O3. The van der Waals surface area contributed by atoms with Crippen LogP contribution < -0.4 is 0 Å². The number of carbonyl (C=O) groups is 2. The van der Waals surface area contributed by atoms with Crippen molar-refractivity contribution in [3.05, 3.63) is 94.1 Å². The van der Waals surface area contributed by atoms with Crippen LogP contribution in [-0.2, 0) is 11.3 Å². The van der Waals surface area contributed by atoms with Crippen molar-refractivity contribution in [2.75, 3.05) is 26.2 Å². The summed E-state index contributed by atoms with van der Waals surface area (Å²) in [7, 11) is 0. The van der Waals surface area contributed by atoms with E-state index in [0.29, 0.717) is 64.0 Å². The van der Waals surface area contributed by atoms with Gasteiger partial charge in [0.15, 0.2) is 5.78 Å². The lowest BCUT2D eigenvalue weighted by Gasteiger charge is -2.56. The standard InChI is InChI=1S/C38H41F5N2O3/c1-35-22-31(25-9-7-24(8-10-25)23-44-17-19-45(20-18-44)34(47)26-5-3-2-4-6-26)33-29-14-12-28(46)21-27(29)11-13-30(33)32(35)15-16-36(35,48)37(39,40)38(41,42)43/h2-10,21,30-32,48H,11-20,22-23H2,1H3/t30?,31?,32?,35?,36-/m0/s1. The zero-order chi connectivity index (χ0) is 34.1. The van der Waals surface area contributed by atoms with E-state index >= 15 is 8.78 Å². The number of piperazine rings is 1. The number of amides is 1. The fourth-order valence-corrected chi connectivity index (χ4v) is 9.70. The Hall–Kier alpha value is -3.37. The van der Waals surface area contributed by atoms with Gasteiger partial charge in [-0.2, -0.15) is 22.0 Å². The lowest BCUT2D eigenvalue weighted by atomic mass is 9.50. The molecule has 2 aromatic rings. The van der Waals surface area contributed by atoms with Crippen LogP contribution in [0.2, 0.25) is 0 Å². The molecule has 2 saturated carbocycles. The Balaban J connectivity index is 1.15. The summed E-state index contributed by atoms with van der Waals surface area (Å²) in [6, 6.07) is 17.1. The van der Waals surface area contributed by atoms with Crippen molar-refractivity contribution in [1.82, 2.24) is 9.80 Å². The number of halogens is 5. The molecule has 5 nitrogen and oxygen atoms in total. The number of fused-ring (bicyclic) bond motifs is 4. The van der Waals surface area contributed by atoms with Gasteiger partial charge in [-0.05, 0) is 90.8 Å². The molecule has 10 heteroatoms. The van der Waals surface area contributed by atoms with Crippen molar-refractivity contribution in [3.8, 4) is 0 Å². The van der Waals surface area contributed by atoms with E-state index in [-0.39, 0.29) is 30.4 Å². The molecule has 0 bridgehead atoms. The normalized spacial score (nSPS) is 31.2. The van der Waals surface area contributed by atoms with Crippen molar-refractivity contribution >= 4 is 11.7 Å². The minimum Gasteiger partial charge on any atom is -0.383 e. The summed E-state index contributed by atoms with van der Waals surface area (Å²) in [5.74, 6) is -6.42. The van der Waals surface area contributed by atoms with Gasteiger partial charge in [-0.3, -0.25) is 14.5 Å². The second-order valence-electron chi connectivity index (χ2n) is 14.6. The first-order valence-corrected chi connectivity index (χ1v) is 17.0. The summed E-state index contributed by atoms with van der Waals surface area (Å²) in [5, 5.41) is 11.5. The zero-order valence-electron chi connectivity index (χ0n) is 27.0. The van der Waals surface area contributed by atoms with Gasteiger partial charge in [-0.1, -0.05) is 55.0 Å². The topological polar surface area (TPSA) is 60.9 Å². The van der Waals surface area contributed by atoms with E-state index in [4.69, 9.17) is 0 Å². The summed E-state index contributed by atoms with van der Waals surface area (Å²) in [6.45, 7) is 4.73. The minimum absolute atomic E-state index is 0.0156. The van der Waals surface area contributed by atoms with Gasteiger partial charge in [0.25, 0.3) is 5.91 Å². The Morgan fingerprint density at radius 1 is 0.917 bits per heavy atom. The van der Waals surface area contributed by atoms with E-state index in [1.54, 1.807) is 6.08 Å². The molecule has 2 aromatic carbocycles. The number of hydrogen-bond donors (Lipinski definition) is 1. The molecule has 7 rings (SSSR count). The van der Waals surface area contributed by atoms with Crippen molar-refractivity contribution < 1.29 is 36.6 Å². The molecule has 5 aliphatic rings. The van der Waals surface area contributed by atoms with Crippen LogP contribution >= 0.6 is 0 Å². The van der Waals surface area contributed by atoms with Crippen molar-refractivity contribution in [3.63, 3.8) is 0 Å². The molecule has 1 N–H and O–H groups in total. The average molecular weight is 669 g/mol. The third kappa shape index (κ3) is 5.25. The predicted molar refractivity (Wildman–Crippen MR) is 170 cm³/mol. The Bertz CT molecular complexity index is 1640. The van der Waals surface area contributed by atoms with Crippen LogP contribution in [-0.4, -0.2) is 70.5 Å². The lowest BCUT2D eigenvalue weighted by Crippen LogP contribution is -2.65. The average Bonchev–Trinajstić information content (AvgIpc) is 3.35. The number of nitrogens with zero attached hydrogens (tertiary/aromatic N) is 2. The molecular weight excluding hydrogens is 627 g/mol. The van der Waals surface area contributed by atoms with E-state index in [9.17, 15) is 27.9 Å². The number of rotatable bonds is 5. The van der Waals surface area contributed by atoms with Crippen LogP contribution in [0.1, 0.15) is 79.3 Å². The summed E-state index contributed by atoms with van der Waals surface area (Å²) >= 11 is 0. The largest absolute Gasteiger partial charge is 0.456 e. The Morgan fingerprint density at radius 3 is 2.27 bits per heavy atom. The van der Waals surface area contributed by atoms with E-state index in [1.165, 1.54) is 6.92 Å². The molecule has 4 unspecified atom stereocenters. The third-order valence-corrected chi connectivity index (χ3v) is 12.2. The summed E-state index contributed by atoms with van der Waals surface area (Å²) in [4.78, 5) is 29.3. The number of benzene rings is 2. The molecule has 0 aromatic heterocycles. The Morgan fingerprint density at radius 2 is 1.60 bits per heavy atom. The monoisotopic (exact) mass is 668 g/mol. The lowest BCUT2D eigenvalue weighted by molar-refractivity contribution is -0.362. The maximum absolute atomic E-state index is 15.3. The van der Waals surface area contributed by atoms with Gasteiger partial charge in [0.2, 0.25) is 0 Å². The quantitative estimate of drug-likeness (QED) is 0.336. The first-order chi connectivity index (χ1) is 22.7. The number of aliphatic hydroxyl groups is 1. The van der Waals surface area contributed by atoms with E-state index in [0.717, 1.165) is 27.8 Å². The second-order valence-corrected chi connectivity index (χ2v) is 14.6. The van der Waals surface area contributed by atoms with Gasteiger partial charge >= 0.3 is 12.1 Å². The molecule has 1 heterocycles. The van der Waals surface area contributed by atoms with Gasteiger partial charge in [0.1, 0.15) is 5.60 Å². The van der Waals surface area contributed by atoms with Gasteiger partial charge < -0.3 is 10.0 Å². The van der Waals surface area contributed by atoms with Crippen molar-refractivity contribution in [1.29, 1.82) is 0 Å². The molecule has 256 valence electrons. The maximum Gasteiger partial charge on any atom is 0.456 e.